The van der Waals surface area contributed by atoms with E-state index < -0.39 is 0 Å². The van der Waals surface area contributed by atoms with Crippen molar-refractivity contribution in [2.45, 2.75) is 78.2 Å². The summed E-state index contributed by atoms with van der Waals surface area (Å²) in [6.07, 6.45) is 9.37. The van der Waals surface area contributed by atoms with Crippen molar-refractivity contribution in [3.8, 4) is 0 Å². The Morgan fingerprint density at radius 3 is 2.11 bits per heavy atom. The highest BCUT2D eigenvalue weighted by atomic mass is 16.1. The first-order chi connectivity index (χ1) is 8.61. The van der Waals surface area contributed by atoms with Crippen LogP contribution in [-0.4, -0.2) is 18.5 Å². The highest BCUT2D eigenvalue weighted by Crippen LogP contribution is 2.08. The molecule has 0 aromatic heterocycles. The van der Waals surface area contributed by atoms with Gasteiger partial charge in [-0.3, -0.25) is 4.79 Å². The smallest absolute Gasteiger partial charge is 0.220 e. The number of nitrogens with one attached hydrogen (secondary N) is 1. The van der Waals surface area contributed by atoms with Crippen LogP contribution in [0.4, 0.5) is 0 Å². The maximum Gasteiger partial charge on any atom is 0.220 e. The van der Waals surface area contributed by atoms with Crippen molar-refractivity contribution in [3.63, 3.8) is 0 Å². The first-order valence-corrected chi connectivity index (χ1v) is 7.61. The van der Waals surface area contributed by atoms with E-state index in [0.717, 1.165) is 6.42 Å². The van der Waals surface area contributed by atoms with E-state index in [2.05, 4.69) is 26.1 Å². The number of unbranched alkanes of at least 4 members (excludes halogenated alkanes) is 6. The van der Waals surface area contributed by atoms with Gasteiger partial charge in [-0.1, -0.05) is 59.3 Å². The molecule has 1 amide bonds. The summed E-state index contributed by atoms with van der Waals surface area (Å²) in [5.74, 6) is 0.570. The molecule has 0 aliphatic heterocycles. The lowest BCUT2D eigenvalue weighted by atomic mass is 10.0. The Morgan fingerprint density at radius 2 is 1.61 bits per heavy atom. The van der Waals surface area contributed by atoms with Gasteiger partial charge in [0, 0.05) is 19.0 Å². The largest absolute Gasteiger partial charge is 0.352 e. The van der Waals surface area contributed by atoms with Gasteiger partial charge in [-0.2, -0.15) is 0 Å². The summed E-state index contributed by atoms with van der Waals surface area (Å²) in [6.45, 7) is 6.93. The van der Waals surface area contributed by atoms with Crippen molar-refractivity contribution in [3.05, 3.63) is 0 Å². The van der Waals surface area contributed by atoms with Gasteiger partial charge in [0.25, 0.3) is 0 Å². The van der Waals surface area contributed by atoms with Crippen LogP contribution in [0.3, 0.4) is 0 Å². The second-order valence-corrected chi connectivity index (χ2v) is 5.53. The molecular formula is C15H32N2O. The average Bonchev–Trinajstić information content (AvgIpc) is 2.34. The molecule has 1 unspecified atom stereocenters. The third-order valence-corrected chi connectivity index (χ3v) is 3.41. The van der Waals surface area contributed by atoms with Crippen molar-refractivity contribution in [2.24, 2.45) is 11.7 Å². The minimum Gasteiger partial charge on any atom is -0.352 e. The summed E-state index contributed by atoms with van der Waals surface area (Å²) in [6, 6.07) is 0.127. The van der Waals surface area contributed by atoms with Gasteiger partial charge in [-0.15, -0.1) is 0 Å². The lowest BCUT2D eigenvalue weighted by Gasteiger charge is -2.20. The highest BCUT2D eigenvalue weighted by molar-refractivity contribution is 5.76. The van der Waals surface area contributed by atoms with Crippen LogP contribution >= 0.6 is 0 Å². The molecule has 0 saturated heterocycles. The summed E-state index contributed by atoms with van der Waals surface area (Å²) in [5.41, 5.74) is 5.63. The van der Waals surface area contributed by atoms with Crippen LogP contribution in [0.25, 0.3) is 0 Å². The Balaban J connectivity index is 3.47. The van der Waals surface area contributed by atoms with Gasteiger partial charge in [-0.05, 0) is 12.3 Å². The zero-order valence-corrected chi connectivity index (χ0v) is 12.5. The van der Waals surface area contributed by atoms with Gasteiger partial charge in [0.15, 0.2) is 0 Å². The van der Waals surface area contributed by atoms with Crippen LogP contribution in [0.5, 0.6) is 0 Å². The van der Waals surface area contributed by atoms with Crippen molar-refractivity contribution < 1.29 is 4.79 Å². The summed E-state index contributed by atoms with van der Waals surface area (Å²) >= 11 is 0. The Labute approximate surface area is 113 Å². The number of hydrogen-bond donors (Lipinski definition) is 2. The lowest BCUT2D eigenvalue weighted by molar-refractivity contribution is -0.122. The van der Waals surface area contributed by atoms with Gasteiger partial charge in [0.1, 0.15) is 0 Å². The number of carbonyl (C=O) groups excluding carboxylic acids is 1. The molecule has 1 atom stereocenters. The van der Waals surface area contributed by atoms with E-state index in [1.165, 1.54) is 38.5 Å². The fourth-order valence-electron chi connectivity index (χ4n) is 2.02. The van der Waals surface area contributed by atoms with Crippen molar-refractivity contribution in [1.29, 1.82) is 0 Å². The molecule has 0 fully saturated rings. The van der Waals surface area contributed by atoms with E-state index in [-0.39, 0.29) is 11.9 Å². The fourth-order valence-corrected chi connectivity index (χ4v) is 2.02. The van der Waals surface area contributed by atoms with E-state index in [0.29, 0.717) is 18.9 Å². The Hall–Kier alpha value is -0.570. The van der Waals surface area contributed by atoms with Crippen molar-refractivity contribution in [1.82, 2.24) is 5.32 Å². The second-order valence-electron chi connectivity index (χ2n) is 5.53. The summed E-state index contributed by atoms with van der Waals surface area (Å²) in [4.78, 5) is 11.7. The summed E-state index contributed by atoms with van der Waals surface area (Å²) in [5, 5.41) is 3.01. The normalized spacial score (nSPS) is 12.7. The number of amides is 1. The molecule has 0 heterocycles. The maximum absolute atomic E-state index is 11.7. The van der Waals surface area contributed by atoms with E-state index in [9.17, 15) is 4.79 Å². The number of hydrogen-bond acceptors (Lipinski definition) is 2. The molecular weight excluding hydrogens is 224 g/mol. The van der Waals surface area contributed by atoms with Crippen LogP contribution < -0.4 is 11.1 Å². The van der Waals surface area contributed by atoms with Crippen molar-refractivity contribution in [2.75, 3.05) is 6.54 Å². The van der Waals surface area contributed by atoms with Gasteiger partial charge in [0.2, 0.25) is 5.91 Å². The number of rotatable bonds is 11. The topological polar surface area (TPSA) is 55.1 Å². The Bertz CT molecular complexity index is 205. The lowest BCUT2D eigenvalue weighted by Crippen LogP contribution is -2.43. The van der Waals surface area contributed by atoms with E-state index in [1.807, 2.05) is 0 Å². The molecule has 18 heavy (non-hydrogen) atoms. The predicted octanol–water partition coefficient (Wildman–Crippen LogP) is 3.23. The SMILES string of the molecule is CCCCCCCCCC(=O)NC(CN)C(C)C. The third kappa shape index (κ3) is 9.46. The molecule has 0 aliphatic carbocycles. The summed E-state index contributed by atoms with van der Waals surface area (Å²) in [7, 11) is 0. The van der Waals surface area contributed by atoms with Crippen LogP contribution in [-0.2, 0) is 4.79 Å². The van der Waals surface area contributed by atoms with E-state index in [4.69, 9.17) is 5.73 Å². The van der Waals surface area contributed by atoms with Gasteiger partial charge < -0.3 is 11.1 Å². The molecule has 0 saturated carbocycles. The zero-order chi connectivity index (χ0) is 13.8. The third-order valence-electron chi connectivity index (χ3n) is 3.41. The molecule has 3 nitrogen and oxygen atoms in total. The molecule has 0 radical (unpaired) electrons. The molecule has 0 aromatic carbocycles. The molecule has 3 N–H and O–H groups in total. The Morgan fingerprint density at radius 1 is 1.06 bits per heavy atom. The van der Waals surface area contributed by atoms with Gasteiger partial charge in [0.05, 0.1) is 0 Å². The van der Waals surface area contributed by atoms with Crippen LogP contribution in [0.15, 0.2) is 0 Å². The van der Waals surface area contributed by atoms with Crippen LogP contribution in [0.1, 0.15) is 72.1 Å². The molecule has 0 aliphatic rings. The Kier molecular flexibility index (Phi) is 11.2. The summed E-state index contributed by atoms with van der Waals surface area (Å²) < 4.78 is 0. The van der Waals surface area contributed by atoms with Gasteiger partial charge >= 0.3 is 0 Å². The molecule has 108 valence electrons. The molecule has 3 heteroatoms. The molecule has 0 rings (SSSR count). The van der Waals surface area contributed by atoms with Crippen LogP contribution in [0.2, 0.25) is 0 Å². The standard InChI is InChI=1S/C15H32N2O/c1-4-5-6-7-8-9-10-11-15(18)17-14(12-16)13(2)3/h13-14H,4-12,16H2,1-3H3,(H,17,18). The fraction of sp³-hybridized carbons (Fsp3) is 0.933. The number of carbonyl (C=O) groups is 1. The second kappa shape index (κ2) is 11.5. The van der Waals surface area contributed by atoms with Crippen LogP contribution in [0, 0.1) is 5.92 Å². The first kappa shape index (κ1) is 17.4. The van der Waals surface area contributed by atoms with Gasteiger partial charge in [-0.25, -0.2) is 0 Å². The maximum atomic E-state index is 11.7. The average molecular weight is 256 g/mol. The highest BCUT2D eigenvalue weighted by Gasteiger charge is 2.13. The minimum absolute atomic E-state index is 0.127. The van der Waals surface area contributed by atoms with Crippen molar-refractivity contribution >= 4 is 5.91 Å². The zero-order valence-electron chi connectivity index (χ0n) is 12.5. The number of nitrogens with two attached hydrogens (primary N) is 1. The predicted molar refractivity (Wildman–Crippen MR) is 78.4 cm³/mol. The molecule has 0 aromatic rings. The minimum atomic E-state index is 0.127. The monoisotopic (exact) mass is 256 g/mol. The quantitative estimate of drug-likeness (QED) is 0.558. The molecule has 0 bridgehead atoms. The van der Waals surface area contributed by atoms with E-state index >= 15 is 0 Å². The molecule has 0 spiro atoms. The first-order valence-electron chi connectivity index (χ1n) is 7.61. The van der Waals surface area contributed by atoms with E-state index in [1.54, 1.807) is 0 Å².